The number of likely N-dealkylation sites (tertiary alicyclic amines) is 1. The Hall–Kier alpha value is -1.86. The highest BCUT2D eigenvalue weighted by atomic mass is 16.1. The molecule has 4 heteroatoms. The Labute approximate surface area is 126 Å². The minimum absolute atomic E-state index is 0.0404. The number of carbonyl (C=O) groups excluding carboxylic acids is 1. The summed E-state index contributed by atoms with van der Waals surface area (Å²) in [6.45, 7) is 5.32. The molecule has 0 bridgehead atoms. The van der Waals surface area contributed by atoms with E-state index in [1.54, 1.807) is 24.3 Å². The van der Waals surface area contributed by atoms with Crippen molar-refractivity contribution >= 4 is 11.6 Å². The van der Waals surface area contributed by atoms with Gasteiger partial charge in [-0.2, -0.15) is 5.26 Å². The van der Waals surface area contributed by atoms with Gasteiger partial charge in [-0.25, -0.2) is 0 Å². The molecule has 1 unspecified atom stereocenters. The smallest absolute Gasteiger partial charge is 0.225 e. The number of nitrogens with one attached hydrogen (secondary N) is 1. The van der Waals surface area contributed by atoms with Crippen molar-refractivity contribution < 1.29 is 4.79 Å². The van der Waals surface area contributed by atoms with Gasteiger partial charge in [0.15, 0.2) is 0 Å². The van der Waals surface area contributed by atoms with Gasteiger partial charge in [0.1, 0.15) is 0 Å². The first kappa shape index (κ1) is 15.5. The van der Waals surface area contributed by atoms with E-state index in [0.717, 1.165) is 31.2 Å². The fourth-order valence-corrected chi connectivity index (χ4v) is 2.87. The molecule has 1 atom stereocenters. The monoisotopic (exact) mass is 285 g/mol. The standard InChI is InChI=1S/C17H23N3O/c1-2-3-15-8-10-20(13-15)11-9-17(21)19-16-6-4-14(12-18)5-7-16/h4-7,15H,2-3,8-11,13H2,1H3,(H,19,21). The van der Waals surface area contributed by atoms with Crippen molar-refractivity contribution in [2.24, 2.45) is 5.92 Å². The summed E-state index contributed by atoms with van der Waals surface area (Å²) in [5.74, 6) is 0.857. The molecular formula is C17H23N3O. The Balaban J connectivity index is 1.71. The molecule has 0 radical (unpaired) electrons. The lowest BCUT2D eigenvalue weighted by Gasteiger charge is -2.15. The maximum Gasteiger partial charge on any atom is 0.225 e. The number of nitrogens with zero attached hydrogens (tertiary/aromatic N) is 2. The van der Waals surface area contributed by atoms with Crippen LogP contribution in [0.3, 0.4) is 0 Å². The lowest BCUT2D eigenvalue weighted by molar-refractivity contribution is -0.116. The average Bonchev–Trinajstić information content (AvgIpc) is 2.94. The Bertz CT molecular complexity index is 504. The first-order chi connectivity index (χ1) is 10.2. The summed E-state index contributed by atoms with van der Waals surface area (Å²) < 4.78 is 0. The van der Waals surface area contributed by atoms with Gasteiger partial charge in [0.25, 0.3) is 0 Å². The predicted molar refractivity (Wildman–Crippen MR) is 83.9 cm³/mol. The van der Waals surface area contributed by atoms with Crippen LogP contribution < -0.4 is 5.32 Å². The van der Waals surface area contributed by atoms with Crippen LogP contribution >= 0.6 is 0 Å². The summed E-state index contributed by atoms with van der Waals surface area (Å²) in [5, 5.41) is 11.6. The summed E-state index contributed by atoms with van der Waals surface area (Å²) in [7, 11) is 0. The van der Waals surface area contributed by atoms with E-state index in [9.17, 15) is 4.79 Å². The summed E-state index contributed by atoms with van der Waals surface area (Å²) in [6, 6.07) is 9.03. The lowest BCUT2D eigenvalue weighted by Crippen LogP contribution is -2.26. The fraction of sp³-hybridized carbons (Fsp3) is 0.529. The van der Waals surface area contributed by atoms with Gasteiger partial charge >= 0.3 is 0 Å². The van der Waals surface area contributed by atoms with E-state index >= 15 is 0 Å². The average molecular weight is 285 g/mol. The van der Waals surface area contributed by atoms with E-state index in [-0.39, 0.29) is 5.91 Å². The normalized spacial score (nSPS) is 18.4. The van der Waals surface area contributed by atoms with Gasteiger partial charge in [-0.05, 0) is 49.6 Å². The number of hydrogen-bond acceptors (Lipinski definition) is 3. The number of anilines is 1. The molecule has 1 fully saturated rings. The number of carbonyl (C=O) groups is 1. The summed E-state index contributed by atoms with van der Waals surface area (Å²) in [4.78, 5) is 14.3. The molecule has 1 aliphatic heterocycles. The highest BCUT2D eigenvalue weighted by Gasteiger charge is 2.21. The van der Waals surface area contributed by atoms with Gasteiger partial charge in [0.05, 0.1) is 11.6 Å². The Morgan fingerprint density at radius 3 is 2.86 bits per heavy atom. The van der Waals surface area contributed by atoms with Crippen LogP contribution in [0.4, 0.5) is 5.69 Å². The van der Waals surface area contributed by atoms with Gasteiger partial charge < -0.3 is 10.2 Å². The fourth-order valence-electron chi connectivity index (χ4n) is 2.87. The van der Waals surface area contributed by atoms with Gasteiger partial charge in [-0.3, -0.25) is 4.79 Å². The van der Waals surface area contributed by atoms with E-state index in [2.05, 4.69) is 23.2 Å². The molecular weight excluding hydrogens is 262 g/mol. The van der Waals surface area contributed by atoms with Crippen LogP contribution in [0.2, 0.25) is 0 Å². The molecule has 0 spiro atoms. The number of benzene rings is 1. The lowest BCUT2D eigenvalue weighted by atomic mass is 10.0. The molecule has 1 aromatic carbocycles. The van der Waals surface area contributed by atoms with Crippen molar-refractivity contribution in [2.75, 3.05) is 25.0 Å². The second kappa shape index (κ2) is 7.80. The molecule has 1 aliphatic rings. The molecule has 1 N–H and O–H groups in total. The van der Waals surface area contributed by atoms with Crippen molar-refractivity contribution in [1.82, 2.24) is 4.90 Å². The minimum atomic E-state index is 0.0404. The zero-order valence-electron chi connectivity index (χ0n) is 12.6. The van der Waals surface area contributed by atoms with Crippen LogP contribution in [0.5, 0.6) is 0 Å². The van der Waals surface area contributed by atoms with Crippen LogP contribution in [0.25, 0.3) is 0 Å². The highest BCUT2D eigenvalue weighted by Crippen LogP contribution is 2.20. The summed E-state index contributed by atoms with van der Waals surface area (Å²) >= 11 is 0. The van der Waals surface area contributed by atoms with Crippen molar-refractivity contribution in [3.63, 3.8) is 0 Å². The SMILES string of the molecule is CCCC1CCN(CCC(=O)Nc2ccc(C#N)cc2)C1. The molecule has 0 aromatic heterocycles. The molecule has 1 aromatic rings. The summed E-state index contributed by atoms with van der Waals surface area (Å²) in [5.41, 5.74) is 1.36. The zero-order chi connectivity index (χ0) is 15.1. The maximum atomic E-state index is 11.9. The minimum Gasteiger partial charge on any atom is -0.326 e. The second-order valence-corrected chi connectivity index (χ2v) is 5.73. The molecule has 112 valence electrons. The molecule has 0 aliphatic carbocycles. The van der Waals surface area contributed by atoms with Crippen LogP contribution in [0.15, 0.2) is 24.3 Å². The van der Waals surface area contributed by atoms with E-state index in [1.807, 2.05) is 0 Å². The number of rotatable bonds is 6. The molecule has 21 heavy (non-hydrogen) atoms. The highest BCUT2D eigenvalue weighted by molar-refractivity contribution is 5.90. The van der Waals surface area contributed by atoms with Crippen molar-refractivity contribution in [3.05, 3.63) is 29.8 Å². The van der Waals surface area contributed by atoms with E-state index in [1.165, 1.54) is 19.3 Å². The second-order valence-electron chi connectivity index (χ2n) is 5.73. The Kier molecular flexibility index (Phi) is 5.77. The molecule has 1 saturated heterocycles. The number of hydrogen-bond donors (Lipinski definition) is 1. The Morgan fingerprint density at radius 1 is 1.43 bits per heavy atom. The third-order valence-electron chi connectivity index (χ3n) is 4.02. The third kappa shape index (κ3) is 4.87. The van der Waals surface area contributed by atoms with Gasteiger partial charge in [0.2, 0.25) is 5.91 Å². The van der Waals surface area contributed by atoms with Gasteiger partial charge in [-0.1, -0.05) is 13.3 Å². The third-order valence-corrected chi connectivity index (χ3v) is 4.02. The van der Waals surface area contributed by atoms with Crippen molar-refractivity contribution in [1.29, 1.82) is 5.26 Å². The zero-order valence-corrected chi connectivity index (χ0v) is 12.6. The van der Waals surface area contributed by atoms with E-state index < -0.39 is 0 Å². The van der Waals surface area contributed by atoms with Crippen LogP contribution in [0, 0.1) is 17.2 Å². The van der Waals surface area contributed by atoms with Crippen LogP contribution in [-0.4, -0.2) is 30.4 Å². The van der Waals surface area contributed by atoms with Crippen LogP contribution in [0.1, 0.15) is 38.2 Å². The van der Waals surface area contributed by atoms with Crippen molar-refractivity contribution in [3.8, 4) is 6.07 Å². The summed E-state index contributed by atoms with van der Waals surface area (Å²) in [6.07, 6.45) is 4.34. The number of nitriles is 1. The first-order valence-electron chi connectivity index (χ1n) is 7.73. The largest absolute Gasteiger partial charge is 0.326 e. The molecule has 4 nitrogen and oxygen atoms in total. The predicted octanol–water partition coefficient (Wildman–Crippen LogP) is 3.01. The molecule has 2 rings (SSSR count). The topological polar surface area (TPSA) is 56.1 Å². The van der Waals surface area contributed by atoms with Gasteiger partial charge in [-0.15, -0.1) is 0 Å². The van der Waals surface area contributed by atoms with E-state index in [4.69, 9.17) is 5.26 Å². The first-order valence-corrected chi connectivity index (χ1v) is 7.73. The van der Waals surface area contributed by atoms with Crippen LogP contribution in [-0.2, 0) is 4.79 Å². The van der Waals surface area contributed by atoms with Gasteiger partial charge in [0, 0.05) is 25.2 Å². The Morgan fingerprint density at radius 2 is 2.19 bits per heavy atom. The quantitative estimate of drug-likeness (QED) is 0.874. The molecule has 1 heterocycles. The van der Waals surface area contributed by atoms with E-state index in [0.29, 0.717) is 12.0 Å². The number of amides is 1. The maximum absolute atomic E-state index is 11.9. The van der Waals surface area contributed by atoms with Crippen molar-refractivity contribution in [2.45, 2.75) is 32.6 Å². The molecule has 0 saturated carbocycles. The molecule has 1 amide bonds.